The van der Waals surface area contributed by atoms with E-state index < -0.39 is 0 Å². The first kappa shape index (κ1) is 20.5. The second kappa shape index (κ2) is 8.90. The highest BCUT2D eigenvalue weighted by atomic mass is 16.5. The van der Waals surface area contributed by atoms with Gasteiger partial charge in [-0.05, 0) is 56.2 Å². The van der Waals surface area contributed by atoms with Crippen LogP contribution in [0.5, 0.6) is 5.75 Å². The van der Waals surface area contributed by atoms with Gasteiger partial charge >= 0.3 is 5.69 Å². The molecule has 5 heteroatoms. The zero-order valence-electron chi connectivity index (χ0n) is 17.8. The van der Waals surface area contributed by atoms with E-state index in [1.165, 1.54) is 0 Å². The first-order chi connectivity index (χ1) is 14.6. The average molecular weight is 407 g/mol. The number of carbonyl (C=O) groups excluding carboxylic acids is 1. The van der Waals surface area contributed by atoms with Crippen LogP contribution in [0.1, 0.15) is 38.2 Å². The Kier molecular flexibility index (Phi) is 6.07. The van der Waals surface area contributed by atoms with Crippen molar-refractivity contribution in [3.63, 3.8) is 0 Å². The third-order valence-electron chi connectivity index (χ3n) is 6.39. The van der Waals surface area contributed by atoms with Crippen LogP contribution < -0.4 is 10.4 Å². The fourth-order valence-corrected chi connectivity index (χ4v) is 4.69. The first-order valence-electron chi connectivity index (χ1n) is 11.0. The third-order valence-corrected chi connectivity index (χ3v) is 6.39. The summed E-state index contributed by atoms with van der Waals surface area (Å²) in [6, 6.07) is 15.8. The molecule has 0 unspecified atom stereocenters. The van der Waals surface area contributed by atoms with E-state index in [0.717, 1.165) is 48.0 Å². The summed E-state index contributed by atoms with van der Waals surface area (Å²) >= 11 is 0. The maximum Gasteiger partial charge on any atom is 0.328 e. The van der Waals surface area contributed by atoms with Crippen molar-refractivity contribution in [1.29, 1.82) is 0 Å². The summed E-state index contributed by atoms with van der Waals surface area (Å²) in [6.45, 7) is 3.26. The molecule has 2 aromatic carbocycles. The quantitative estimate of drug-likeness (QED) is 0.586. The van der Waals surface area contributed by atoms with Crippen LogP contribution in [-0.2, 0) is 24.8 Å². The lowest BCUT2D eigenvalue weighted by Crippen LogP contribution is -2.29. The van der Waals surface area contributed by atoms with Crippen LogP contribution >= 0.6 is 0 Å². The molecule has 158 valence electrons. The van der Waals surface area contributed by atoms with Crippen LogP contribution in [-0.4, -0.2) is 21.5 Å². The molecule has 0 amide bonds. The van der Waals surface area contributed by atoms with Crippen LogP contribution in [0.4, 0.5) is 0 Å². The van der Waals surface area contributed by atoms with Gasteiger partial charge in [0.05, 0.1) is 17.6 Å². The van der Waals surface area contributed by atoms with Gasteiger partial charge in [0.15, 0.2) is 0 Å². The number of rotatable bonds is 7. The van der Waals surface area contributed by atoms with Crippen LogP contribution in [0.15, 0.2) is 53.3 Å². The second-order valence-electron chi connectivity index (χ2n) is 8.38. The molecule has 1 saturated carbocycles. The molecule has 0 spiro atoms. The van der Waals surface area contributed by atoms with Crippen LogP contribution in [0.2, 0.25) is 0 Å². The van der Waals surface area contributed by atoms with Crippen molar-refractivity contribution in [1.82, 2.24) is 9.13 Å². The third kappa shape index (κ3) is 4.20. The maximum absolute atomic E-state index is 12.8. The van der Waals surface area contributed by atoms with Crippen molar-refractivity contribution in [2.45, 2.75) is 45.6 Å². The molecule has 0 radical (unpaired) electrons. The highest BCUT2D eigenvalue weighted by Crippen LogP contribution is 2.32. The molecule has 1 aromatic heterocycles. The number of Topliss-reactive ketones (excluding diaryl/α,β-unsaturated/α-hetero) is 1. The number of benzene rings is 2. The molecular formula is C25H30N2O3. The van der Waals surface area contributed by atoms with E-state index in [4.69, 9.17) is 4.74 Å². The summed E-state index contributed by atoms with van der Waals surface area (Å²) in [5.41, 5.74) is 2.96. The summed E-state index contributed by atoms with van der Waals surface area (Å²) in [6.07, 6.45) is 4.33. The Morgan fingerprint density at radius 2 is 1.77 bits per heavy atom. The second-order valence-corrected chi connectivity index (χ2v) is 8.38. The van der Waals surface area contributed by atoms with Crippen molar-refractivity contribution in [3.8, 4) is 5.75 Å². The van der Waals surface area contributed by atoms with Crippen LogP contribution in [0.3, 0.4) is 0 Å². The molecule has 0 bridgehead atoms. The molecule has 1 heterocycles. The molecule has 5 nitrogen and oxygen atoms in total. The number of fused-ring (bicyclic) bond motifs is 1. The zero-order chi connectivity index (χ0) is 21.1. The maximum atomic E-state index is 12.8. The van der Waals surface area contributed by atoms with Gasteiger partial charge in [0, 0.05) is 32.0 Å². The van der Waals surface area contributed by atoms with E-state index >= 15 is 0 Å². The number of ketones is 1. The van der Waals surface area contributed by atoms with Gasteiger partial charge in [0.1, 0.15) is 11.5 Å². The van der Waals surface area contributed by atoms with Gasteiger partial charge in [-0.15, -0.1) is 0 Å². The van der Waals surface area contributed by atoms with Crippen LogP contribution in [0, 0.1) is 11.8 Å². The Hall–Kier alpha value is -2.82. The van der Waals surface area contributed by atoms with Gasteiger partial charge in [0.25, 0.3) is 0 Å². The molecule has 4 rings (SSSR count). The van der Waals surface area contributed by atoms with Gasteiger partial charge in [-0.1, -0.05) is 30.3 Å². The summed E-state index contributed by atoms with van der Waals surface area (Å²) in [5.74, 6) is 1.71. The fourth-order valence-electron chi connectivity index (χ4n) is 4.69. The van der Waals surface area contributed by atoms with E-state index in [0.29, 0.717) is 31.3 Å². The molecule has 0 atom stereocenters. The predicted molar refractivity (Wildman–Crippen MR) is 119 cm³/mol. The van der Waals surface area contributed by atoms with E-state index in [1.54, 1.807) is 4.57 Å². The number of aromatic nitrogens is 2. The number of nitrogens with zero attached hydrogens (tertiary/aromatic N) is 2. The molecule has 1 fully saturated rings. The summed E-state index contributed by atoms with van der Waals surface area (Å²) in [7, 11) is 1.82. The Labute approximate surface area is 177 Å². The van der Waals surface area contributed by atoms with Crippen molar-refractivity contribution < 1.29 is 9.53 Å². The molecule has 0 N–H and O–H groups in total. The molecular weight excluding hydrogens is 376 g/mol. The number of imidazole rings is 1. The predicted octanol–water partition coefficient (Wildman–Crippen LogP) is 4.36. The van der Waals surface area contributed by atoms with E-state index in [1.807, 2.05) is 67.1 Å². The minimum atomic E-state index is 0.0147. The fraction of sp³-hybridized carbons (Fsp3) is 0.440. The monoisotopic (exact) mass is 406 g/mol. The minimum absolute atomic E-state index is 0.0147. The lowest BCUT2D eigenvalue weighted by molar-refractivity contribution is -0.123. The number of aryl methyl sites for hydroxylation is 1. The standard InChI is InChI=1S/C25H30N2O3/c1-3-30-21-13-14-22-23(16-21)27(25(29)26(22)2)17-19-9-11-20(12-10-19)24(28)15-18-7-5-4-6-8-18/h4-8,13-14,16,19-20H,3,9-12,15,17H2,1-2H3. The SMILES string of the molecule is CCOc1ccc2c(c1)n(CC1CCC(C(=O)Cc3ccccc3)CC1)c(=O)n2C. The van der Waals surface area contributed by atoms with Crippen molar-refractivity contribution in [2.24, 2.45) is 18.9 Å². The van der Waals surface area contributed by atoms with Crippen LogP contribution in [0.25, 0.3) is 11.0 Å². The zero-order valence-corrected chi connectivity index (χ0v) is 17.8. The highest BCUT2D eigenvalue weighted by molar-refractivity contribution is 5.83. The number of ether oxygens (including phenoxy) is 1. The number of hydrogen-bond donors (Lipinski definition) is 0. The molecule has 30 heavy (non-hydrogen) atoms. The lowest BCUT2D eigenvalue weighted by Gasteiger charge is -2.28. The number of carbonyl (C=O) groups is 1. The normalized spacial score (nSPS) is 19.1. The van der Waals surface area contributed by atoms with Crippen molar-refractivity contribution in [3.05, 3.63) is 64.6 Å². The average Bonchev–Trinajstić information content (AvgIpc) is 2.99. The van der Waals surface area contributed by atoms with Gasteiger partial charge in [-0.3, -0.25) is 13.9 Å². The van der Waals surface area contributed by atoms with E-state index in [2.05, 4.69) is 0 Å². The summed E-state index contributed by atoms with van der Waals surface area (Å²) in [4.78, 5) is 25.5. The summed E-state index contributed by atoms with van der Waals surface area (Å²) in [5, 5.41) is 0. The van der Waals surface area contributed by atoms with Gasteiger partial charge < -0.3 is 4.74 Å². The lowest BCUT2D eigenvalue weighted by atomic mass is 9.79. The minimum Gasteiger partial charge on any atom is -0.494 e. The van der Waals surface area contributed by atoms with Crippen molar-refractivity contribution in [2.75, 3.05) is 6.61 Å². The Morgan fingerprint density at radius 1 is 1.03 bits per heavy atom. The molecule has 3 aromatic rings. The highest BCUT2D eigenvalue weighted by Gasteiger charge is 2.27. The van der Waals surface area contributed by atoms with E-state index in [-0.39, 0.29) is 11.6 Å². The molecule has 1 aliphatic carbocycles. The van der Waals surface area contributed by atoms with Gasteiger partial charge in [0.2, 0.25) is 0 Å². The van der Waals surface area contributed by atoms with Crippen molar-refractivity contribution >= 4 is 16.8 Å². The van der Waals surface area contributed by atoms with Gasteiger partial charge in [-0.2, -0.15) is 0 Å². The Balaban J connectivity index is 1.43. The van der Waals surface area contributed by atoms with E-state index in [9.17, 15) is 9.59 Å². The summed E-state index contributed by atoms with van der Waals surface area (Å²) < 4.78 is 9.23. The Morgan fingerprint density at radius 3 is 2.47 bits per heavy atom. The molecule has 0 saturated heterocycles. The smallest absolute Gasteiger partial charge is 0.328 e. The number of hydrogen-bond acceptors (Lipinski definition) is 3. The molecule has 0 aliphatic heterocycles. The Bertz CT molecular complexity index is 1070. The topological polar surface area (TPSA) is 53.2 Å². The largest absolute Gasteiger partial charge is 0.494 e. The first-order valence-corrected chi connectivity index (χ1v) is 11.0. The van der Waals surface area contributed by atoms with Gasteiger partial charge in [-0.25, -0.2) is 4.79 Å². The molecule has 1 aliphatic rings.